The molecule has 0 aliphatic heterocycles. The lowest BCUT2D eigenvalue weighted by Crippen LogP contribution is -2.14. The summed E-state index contributed by atoms with van der Waals surface area (Å²) < 4.78 is 11.3. The highest BCUT2D eigenvalue weighted by Crippen LogP contribution is 2.29. The first-order valence-corrected chi connectivity index (χ1v) is 9.96. The first-order chi connectivity index (χ1) is 13.5. The minimum Gasteiger partial charge on any atom is -0.493 e. The molecule has 0 fully saturated rings. The minimum absolute atomic E-state index is 0.107. The van der Waals surface area contributed by atoms with Gasteiger partial charge in [0.15, 0.2) is 16.6 Å². The van der Waals surface area contributed by atoms with Gasteiger partial charge in [-0.3, -0.25) is 4.79 Å². The van der Waals surface area contributed by atoms with Crippen LogP contribution in [-0.2, 0) is 17.8 Å². The van der Waals surface area contributed by atoms with Gasteiger partial charge in [-0.15, -0.1) is 11.3 Å². The predicted molar refractivity (Wildman–Crippen MR) is 112 cm³/mol. The Kier molecular flexibility index (Phi) is 6.66. The average molecular weight is 397 g/mol. The molecule has 0 bridgehead atoms. The van der Waals surface area contributed by atoms with E-state index in [0.29, 0.717) is 29.2 Å². The Morgan fingerprint density at radius 3 is 2.57 bits per heavy atom. The van der Waals surface area contributed by atoms with Crippen molar-refractivity contribution in [1.29, 1.82) is 0 Å². The van der Waals surface area contributed by atoms with E-state index in [2.05, 4.69) is 24.1 Å². The van der Waals surface area contributed by atoms with Gasteiger partial charge in [0, 0.05) is 11.1 Å². The van der Waals surface area contributed by atoms with Gasteiger partial charge < -0.3 is 14.8 Å². The summed E-state index contributed by atoms with van der Waals surface area (Å²) in [5, 5.41) is 3.49. The molecule has 5 nitrogen and oxygen atoms in total. The zero-order valence-corrected chi connectivity index (χ0v) is 17.1. The summed E-state index contributed by atoms with van der Waals surface area (Å²) in [5.41, 5.74) is 1.93. The second-order valence-corrected chi connectivity index (χ2v) is 7.77. The Morgan fingerprint density at radius 2 is 1.89 bits per heavy atom. The van der Waals surface area contributed by atoms with E-state index >= 15 is 0 Å². The van der Waals surface area contributed by atoms with Gasteiger partial charge in [-0.25, -0.2) is 4.98 Å². The number of amides is 1. The lowest BCUT2D eigenvalue weighted by Gasteiger charge is -2.12. The Bertz CT molecular complexity index is 923. The van der Waals surface area contributed by atoms with Crippen LogP contribution in [0.2, 0.25) is 0 Å². The van der Waals surface area contributed by atoms with Crippen molar-refractivity contribution in [3.05, 3.63) is 70.7 Å². The van der Waals surface area contributed by atoms with Gasteiger partial charge >= 0.3 is 0 Å². The number of anilines is 1. The highest BCUT2D eigenvalue weighted by atomic mass is 32.1. The molecular weight excluding hydrogens is 372 g/mol. The molecule has 2 aromatic carbocycles. The number of nitrogens with one attached hydrogen (secondary N) is 1. The average Bonchev–Trinajstić information content (AvgIpc) is 3.16. The summed E-state index contributed by atoms with van der Waals surface area (Å²) in [6, 6.07) is 15.5. The van der Waals surface area contributed by atoms with Gasteiger partial charge in [-0.1, -0.05) is 50.2 Å². The van der Waals surface area contributed by atoms with Crippen LogP contribution in [0.5, 0.6) is 11.5 Å². The first-order valence-electron chi connectivity index (χ1n) is 9.14. The van der Waals surface area contributed by atoms with Gasteiger partial charge in [-0.2, -0.15) is 0 Å². The van der Waals surface area contributed by atoms with E-state index in [1.54, 1.807) is 7.11 Å². The number of hydrogen-bond donors (Lipinski definition) is 1. The summed E-state index contributed by atoms with van der Waals surface area (Å²) >= 11 is 1.51. The van der Waals surface area contributed by atoms with Crippen molar-refractivity contribution in [3.63, 3.8) is 0 Å². The number of ether oxygens (including phenoxy) is 2. The molecule has 1 aromatic heterocycles. The Hall–Kier alpha value is -2.86. The maximum absolute atomic E-state index is 12.3. The van der Waals surface area contributed by atoms with E-state index in [0.717, 1.165) is 16.0 Å². The summed E-state index contributed by atoms with van der Waals surface area (Å²) in [6.45, 7) is 4.67. The van der Waals surface area contributed by atoms with Crippen molar-refractivity contribution < 1.29 is 14.3 Å². The number of carbonyl (C=O) groups excluding carboxylic acids is 1. The molecular formula is C22H24N2O3S. The molecule has 0 saturated carbocycles. The molecule has 0 radical (unpaired) electrons. The molecule has 3 aromatic rings. The summed E-state index contributed by atoms with van der Waals surface area (Å²) in [4.78, 5) is 17.8. The van der Waals surface area contributed by atoms with Crippen LogP contribution in [0.4, 0.5) is 5.13 Å². The SMILES string of the molecule is COc1cc(CC(=O)Nc2ncc(C(C)C)s2)ccc1OCc1ccccc1. The minimum atomic E-state index is -0.107. The number of hydrogen-bond acceptors (Lipinski definition) is 5. The van der Waals surface area contributed by atoms with Crippen LogP contribution in [0.15, 0.2) is 54.7 Å². The highest BCUT2D eigenvalue weighted by Gasteiger charge is 2.12. The van der Waals surface area contributed by atoms with Crippen LogP contribution in [0.25, 0.3) is 0 Å². The van der Waals surface area contributed by atoms with Gasteiger partial charge in [0.25, 0.3) is 0 Å². The zero-order valence-electron chi connectivity index (χ0n) is 16.3. The number of nitrogens with zero attached hydrogens (tertiary/aromatic N) is 1. The van der Waals surface area contributed by atoms with Gasteiger partial charge in [-0.05, 0) is 29.2 Å². The Labute approximate surface area is 169 Å². The zero-order chi connectivity index (χ0) is 19.9. The van der Waals surface area contributed by atoms with Gasteiger partial charge in [0.2, 0.25) is 5.91 Å². The molecule has 1 N–H and O–H groups in total. The lowest BCUT2D eigenvalue weighted by atomic mass is 10.1. The predicted octanol–water partition coefficient (Wildman–Crippen LogP) is 5.04. The van der Waals surface area contributed by atoms with Crippen molar-refractivity contribution in [1.82, 2.24) is 4.98 Å². The second kappa shape index (κ2) is 9.37. The van der Waals surface area contributed by atoms with Crippen LogP contribution in [0.1, 0.15) is 35.8 Å². The molecule has 6 heteroatoms. The van der Waals surface area contributed by atoms with Crippen LogP contribution < -0.4 is 14.8 Å². The molecule has 146 valence electrons. The van der Waals surface area contributed by atoms with Crippen molar-refractivity contribution in [2.45, 2.75) is 32.8 Å². The Morgan fingerprint density at radius 1 is 1.11 bits per heavy atom. The second-order valence-electron chi connectivity index (χ2n) is 6.71. The number of benzene rings is 2. The topological polar surface area (TPSA) is 60.5 Å². The van der Waals surface area contributed by atoms with Gasteiger partial charge in [0.05, 0.1) is 13.5 Å². The molecule has 0 aliphatic rings. The van der Waals surface area contributed by atoms with E-state index in [4.69, 9.17) is 9.47 Å². The fourth-order valence-electron chi connectivity index (χ4n) is 2.64. The van der Waals surface area contributed by atoms with Crippen LogP contribution in [0.3, 0.4) is 0 Å². The number of thiazole rings is 1. The largest absolute Gasteiger partial charge is 0.493 e. The molecule has 1 amide bonds. The third-order valence-corrected chi connectivity index (χ3v) is 5.38. The first kappa shape index (κ1) is 19.9. The van der Waals surface area contributed by atoms with E-state index in [1.807, 2.05) is 54.7 Å². The standard InChI is InChI=1S/C22H24N2O3S/c1-15(2)20-13-23-22(28-20)24-21(25)12-17-9-10-18(19(11-17)26-3)27-14-16-7-5-4-6-8-16/h4-11,13,15H,12,14H2,1-3H3,(H,23,24,25). The number of methoxy groups -OCH3 is 1. The quantitative estimate of drug-likeness (QED) is 0.580. The molecule has 0 spiro atoms. The smallest absolute Gasteiger partial charge is 0.230 e. The normalized spacial score (nSPS) is 10.7. The van der Waals surface area contributed by atoms with Crippen molar-refractivity contribution in [2.75, 3.05) is 12.4 Å². The lowest BCUT2D eigenvalue weighted by molar-refractivity contribution is -0.115. The molecule has 28 heavy (non-hydrogen) atoms. The van der Waals surface area contributed by atoms with E-state index in [9.17, 15) is 4.79 Å². The molecule has 3 rings (SSSR count). The third-order valence-electron chi connectivity index (χ3n) is 4.17. The van der Waals surface area contributed by atoms with Crippen LogP contribution >= 0.6 is 11.3 Å². The summed E-state index contributed by atoms with van der Waals surface area (Å²) in [5.74, 6) is 1.55. The number of aromatic nitrogens is 1. The summed E-state index contributed by atoms with van der Waals surface area (Å²) in [6.07, 6.45) is 2.05. The molecule has 0 atom stereocenters. The molecule has 0 unspecified atom stereocenters. The monoisotopic (exact) mass is 396 g/mol. The van der Waals surface area contributed by atoms with E-state index in [1.165, 1.54) is 11.3 Å². The van der Waals surface area contributed by atoms with Crippen LogP contribution in [-0.4, -0.2) is 18.0 Å². The maximum atomic E-state index is 12.3. The van der Waals surface area contributed by atoms with E-state index < -0.39 is 0 Å². The van der Waals surface area contributed by atoms with Crippen molar-refractivity contribution >= 4 is 22.4 Å². The van der Waals surface area contributed by atoms with Crippen molar-refractivity contribution in [2.24, 2.45) is 0 Å². The van der Waals surface area contributed by atoms with Gasteiger partial charge in [0.1, 0.15) is 6.61 Å². The number of carbonyl (C=O) groups is 1. The molecule has 0 saturated heterocycles. The highest BCUT2D eigenvalue weighted by molar-refractivity contribution is 7.15. The molecule has 1 heterocycles. The summed E-state index contributed by atoms with van der Waals surface area (Å²) in [7, 11) is 1.59. The number of rotatable bonds is 8. The fourth-order valence-corrected chi connectivity index (χ4v) is 3.47. The molecule has 0 aliphatic carbocycles. The van der Waals surface area contributed by atoms with E-state index in [-0.39, 0.29) is 12.3 Å². The van der Waals surface area contributed by atoms with Crippen LogP contribution in [0, 0.1) is 0 Å². The maximum Gasteiger partial charge on any atom is 0.230 e. The fraction of sp³-hybridized carbons (Fsp3) is 0.273. The Balaban J connectivity index is 1.61. The third kappa shape index (κ3) is 5.33. The van der Waals surface area contributed by atoms with Crippen molar-refractivity contribution in [3.8, 4) is 11.5 Å².